The Hall–Kier alpha value is -0.830. The van der Waals surface area contributed by atoms with E-state index in [2.05, 4.69) is 22.5 Å². The lowest BCUT2D eigenvalue weighted by molar-refractivity contribution is 0.409. The van der Waals surface area contributed by atoms with Crippen molar-refractivity contribution in [3.63, 3.8) is 0 Å². The average molecular weight is 245 g/mol. The molecular formula is C10H10BrFO. The van der Waals surface area contributed by atoms with Gasteiger partial charge in [-0.3, -0.25) is 0 Å². The van der Waals surface area contributed by atoms with Crippen LogP contribution in [-0.2, 0) is 6.42 Å². The minimum atomic E-state index is -0.260. The zero-order valence-corrected chi connectivity index (χ0v) is 8.90. The maximum Gasteiger partial charge on any atom is 0.123 e. The minimum Gasteiger partial charge on any atom is -0.496 e. The SMILES string of the molecule is C=C(Br)Cc1cc(F)ccc1OC. The van der Waals surface area contributed by atoms with Crippen molar-refractivity contribution in [3.8, 4) is 5.75 Å². The number of hydrogen-bond donors (Lipinski definition) is 0. The van der Waals surface area contributed by atoms with Crippen LogP contribution in [0.15, 0.2) is 29.3 Å². The van der Waals surface area contributed by atoms with E-state index in [4.69, 9.17) is 4.74 Å². The summed E-state index contributed by atoms with van der Waals surface area (Å²) in [5.41, 5.74) is 0.796. The maximum absolute atomic E-state index is 12.8. The molecule has 0 spiro atoms. The Morgan fingerprint density at radius 3 is 2.85 bits per heavy atom. The molecule has 0 N–H and O–H groups in total. The fourth-order valence-corrected chi connectivity index (χ4v) is 1.39. The Balaban J connectivity index is 3.01. The van der Waals surface area contributed by atoms with Crippen LogP contribution in [0.2, 0.25) is 0 Å². The summed E-state index contributed by atoms with van der Waals surface area (Å²) in [5, 5.41) is 0. The van der Waals surface area contributed by atoms with Gasteiger partial charge in [-0.05, 0) is 22.7 Å². The van der Waals surface area contributed by atoms with Crippen LogP contribution in [0.25, 0.3) is 0 Å². The molecule has 1 aromatic carbocycles. The monoisotopic (exact) mass is 244 g/mol. The van der Waals surface area contributed by atoms with Gasteiger partial charge < -0.3 is 4.74 Å². The summed E-state index contributed by atoms with van der Waals surface area (Å²) < 4.78 is 18.7. The van der Waals surface area contributed by atoms with Crippen molar-refractivity contribution in [2.24, 2.45) is 0 Å². The Morgan fingerprint density at radius 1 is 1.62 bits per heavy atom. The average Bonchev–Trinajstić information content (AvgIpc) is 2.03. The fourth-order valence-electron chi connectivity index (χ4n) is 1.09. The van der Waals surface area contributed by atoms with Crippen LogP contribution >= 0.6 is 15.9 Å². The van der Waals surface area contributed by atoms with Crippen LogP contribution in [-0.4, -0.2) is 7.11 Å². The summed E-state index contributed by atoms with van der Waals surface area (Å²) in [4.78, 5) is 0. The standard InChI is InChI=1S/C10H10BrFO/c1-7(11)5-8-6-9(12)3-4-10(8)13-2/h3-4,6H,1,5H2,2H3. The first-order valence-corrected chi connectivity index (χ1v) is 4.58. The van der Waals surface area contributed by atoms with Crippen molar-refractivity contribution < 1.29 is 9.13 Å². The number of benzene rings is 1. The van der Waals surface area contributed by atoms with E-state index in [1.54, 1.807) is 13.2 Å². The summed E-state index contributed by atoms with van der Waals surface area (Å²) in [6, 6.07) is 4.44. The Labute approximate surface area is 85.3 Å². The first kappa shape index (κ1) is 10.3. The van der Waals surface area contributed by atoms with Crippen molar-refractivity contribution in [2.75, 3.05) is 7.11 Å². The molecular weight excluding hydrogens is 235 g/mol. The number of hydrogen-bond acceptors (Lipinski definition) is 1. The van der Waals surface area contributed by atoms with E-state index in [-0.39, 0.29) is 5.82 Å². The first-order chi connectivity index (χ1) is 6.13. The molecule has 0 unspecified atom stereocenters. The van der Waals surface area contributed by atoms with Gasteiger partial charge in [0.2, 0.25) is 0 Å². The molecule has 0 atom stereocenters. The number of methoxy groups -OCH3 is 1. The molecule has 0 aromatic heterocycles. The predicted octanol–water partition coefficient (Wildman–Crippen LogP) is 3.29. The second-order valence-corrected chi connectivity index (χ2v) is 3.77. The van der Waals surface area contributed by atoms with E-state index in [0.29, 0.717) is 12.2 Å². The summed E-state index contributed by atoms with van der Waals surface area (Å²) in [6.45, 7) is 3.69. The lowest BCUT2D eigenvalue weighted by Crippen LogP contribution is -1.92. The van der Waals surface area contributed by atoms with E-state index in [1.807, 2.05) is 0 Å². The van der Waals surface area contributed by atoms with Crippen molar-refractivity contribution in [1.29, 1.82) is 0 Å². The van der Waals surface area contributed by atoms with Crippen LogP contribution in [0.5, 0.6) is 5.75 Å². The van der Waals surface area contributed by atoms with Gasteiger partial charge in [-0.25, -0.2) is 4.39 Å². The molecule has 0 fully saturated rings. The van der Waals surface area contributed by atoms with Gasteiger partial charge in [0.15, 0.2) is 0 Å². The Kier molecular flexibility index (Phi) is 3.48. The third-order valence-electron chi connectivity index (χ3n) is 1.62. The van der Waals surface area contributed by atoms with Crippen molar-refractivity contribution in [2.45, 2.75) is 6.42 Å². The highest BCUT2D eigenvalue weighted by molar-refractivity contribution is 9.11. The topological polar surface area (TPSA) is 9.23 Å². The molecule has 1 rings (SSSR count). The molecule has 1 aromatic rings. The molecule has 3 heteroatoms. The van der Waals surface area contributed by atoms with Gasteiger partial charge in [-0.15, -0.1) is 0 Å². The third-order valence-corrected chi connectivity index (χ3v) is 1.91. The molecule has 13 heavy (non-hydrogen) atoms. The molecule has 0 aliphatic heterocycles. The van der Waals surface area contributed by atoms with Gasteiger partial charge >= 0.3 is 0 Å². The quantitative estimate of drug-likeness (QED) is 0.793. The summed E-state index contributed by atoms with van der Waals surface area (Å²) in [7, 11) is 1.56. The van der Waals surface area contributed by atoms with Crippen LogP contribution in [0.1, 0.15) is 5.56 Å². The zero-order valence-electron chi connectivity index (χ0n) is 7.31. The molecule has 0 aliphatic rings. The Morgan fingerprint density at radius 2 is 2.31 bits per heavy atom. The second kappa shape index (κ2) is 4.42. The van der Waals surface area contributed by atoms with E-state index in [9.17, 15) is 4.39 Å². The first-order valence-electron chi connectivity index (χ1n) is 3.79. The van der Waals surface area contributed by atoms with E-state index in [0.717, 1.165) is 10.0 Å². The lowest BCUT2D eigenvalue weighted by Gasteiger charge is -2.07. The van der Waals surface area contributed by atoms with E-state index >= 15 is 0 Å². The highest BCUT2D eigenvalue weighted by Crippen LogP contribution is 2.23. The smallest absolute Gasteiger partial charge is 0.123 e. The largest absolute Gasteiger partial charge is 0.496 e. The lowest BCUT2D eigenvalue weighted by atomic mass is 10.1. The molecule has 0 saturated heterocycles. The normalized spacial score (nSPS) is 9.77. The maximum atomic E-state index is 12.8. The minimum absolute atomic E-state index is 0.260. The van der Waals surface area contributed by atoms with E-state index in [1.165, 1.54) is 12.1 Å². The molecule has 0 bridgehead atoms. The molecule has 0 radical (unpaired) electrons. The van der Waals surface area contributed by atoms with Gasteiger partial charge in [-0.2, -0.15) is 0 Å². The summed E-state index contributed by atoms with van der Waals surface area (Å²) >= 11 is 3.23. The van der Waals surface area contributed by atoms with Gasteiger partial charge in [-0.1, -0.05) is 22.5 Å². The number of ether oxygens (including phenoxy) is 1. The fraction of sp³-hybridized carbons (Fsp3) is 0.200. The zero-order chi connectivity index (χ0) is 9.84. The predicted molar refractivity (Wildman–Crippen MR) is 54.7 cm³/mol. The van der Waals surface area contributed by atoms with Gasteiger partial charge in [0.1, 0.15) is 11.6 Å². The molecule has 1 nitrogen and oxygen atoms in total. The third kappa shape index (κ3) is 2.84. The van der Waals surface area contributed by atoms with Crippen LogP contribution < -0.4 is 4.74 Å². The van der Waals surface area contributed by atoms with Crippen LogP contribution in [0.4, 0.5) is 4.39 Å². The summed E-state index contributed by atoms with van der Waals surface area (Å²) in [6.07, 6.45) is 0.570. The van der Waals surface area contributed by atoms with Gasteiger partial charge in [0, 0.05) is 12.0 Å². The number of allylic oxidation sites excluding steroid dienone is 1. The number of halogens is 2. The highest BCUT2D eigenvalue weighted by Gasteiger charge is 2.04. The van der Waals surface area contributed by atoms with Crippen molar-refractivity contribution in [1.82, 2.24) is 0 Å². The van der Waals surface area contributed by atoms with Crippen LogP contribution in [0, 0.1) is 5.82 Å². The van der Waals surface area contributed by atoms with Gasteiger partial charge in [0.05, 0.1) is 7.11 Å². The summed E-state index contributed by atoms with van der Waals surface area (Å²) in [5.74, 6) is 0.423. The highest BCUT2D eigenvalue weighted by atomic mass is 79.9. The second-order valence-electron chi connectivity index (χ2n) is 2.65. The Bertz CT molecular complexity index is 323. The molecule has 0 amide bonds. The van der Waals surface area contributed by atoms with Gasteiger partial charge in [0.25, 0.3) is 0 Å². The number of rotatable bonds is 3. The van der Waals surface area contributed by atoms with E-state index < -0.39 is 0 Å². The molecule has 0 saturated carbocycles. The molecule has 0 heterocycles. The van der Waals surface area contributed by atoms with Crippen molar-refractivity contribution in [3.05, 3.63) is 40.6 Å². The molecule has 0 aliphatic carbocycles. The van der Waals surface area contributed by atoms with Crippen LogP contribution in [0.3, 0.4) is 0 Å². The van der Waals surface area contributed by atoms with Crippen molar-refractivity contribution >= 4 is 15.9 Å². The molecule has 70 valence electrons.